The van der Waals surface area contributed by atoms with Gasteiger partial charge in [-0.2, -0.15) is 0 Å². The molecular formula is C30H34BrCl2N3O5S. The quantitative estimate of drug-likeness (QED) is 0.215. The fourth-order valence-corrected chi connectivity index (χ4v) is 6.24. The molecule has 42 heavy (non-hydrogen) atoms. The number of sulfonamides is 1. The molecule has 0 aliphatic rings. The summed E-state index contributed by atoms with van der Waals surface area (Å²) in [6, 6.07) is 16.4. The zero-order valence-corrected chi connectivity index (χ0v) is 27.7. The first kappa shape index (κ1) is 33.7. The molecule has 12 heteroatoms. The Bertz CT molecular complexity index is 1470. The molecule has 0 aromatic heterocycles. The van der Waals surface area contributed by atoms with E-state index in [2.05, 4.69) is 21.2 Å². The molecule has 0 saturated carbocycles. The van der Waals surface area contributed by atoms with Crippen LogP contribution in [0.3, 0.4) is 0 Å². The Morgan fingerprint density at radius 2 is 1.55 bits per heavy atom. The van der Waals surface area contributed by atoms with Crippen LogP contribution in [0.1, 0.15) is 39.7 Å². The number of rotatable bonds is 13. The summed E-state index contributed by atoms with van der Waals surface area (Å²) >= 11 is 16.2. The number of ether oxygens (including phenoxy) is 1. The lowest BCUT2D eigenvalue weighted by Gasteiger charge is -2.33. The Morgan fingerprint density at radius 3 is 2.10 bits per heavy atom. The summed E-state index contributed by atoms with van der Waals surface area (Å²) in [7, 11) is -4.21. The number of nitrogens with one attached hydrogen (secondary N) is 1. The highest BCUT2D eigenvalue weighted by molar-refractivity contribution is 9.10. The Kier molecular flexibility index (Phi) is 12.1. The highest BCUT2D eigenvalue weighted by Crippen LogP contribution is 2.29. The molecule has 0 aliphatic heterocycles. The number of benzene rings is 3. The molecule has 3 rings (SSSR count). The second-order valence-electron chi connectivity index (χ2n) is 9.61. The molecule has 0 spiro atoms. The van der Waals surface area contributed by atoms with E-state index in [4.69, 9.17) is 27.9 Å². The zero-order valence-electron chi connectivity index (χ0n) is 23.8. The molecule has 3 aromatic carbocycles. The molecule has 0 bridgehead atoms. The number of anilines is 1. The standard InChI is InChI=1S/C30H34BrCl2N3O5S/c1-5-20(3)34-30(38)21(4)35(18-26-27(32)8-7-9-28(26)33)29(37)19-36(23-12-14-24(15-13-23)41-6-2)42(39,40)25-16-10-22(31)11-17-25/h7-17,20-21H,5-6,18-19H2,1-4H3,(H,34,38)/t20-,21+/m0/s1. The van der Waals surface area contributed by atoms with Gasteiger partial charge in [-0.3, -0.25) is 13.9 Å². The van der Waals surface area contributed by atoms with Gasteiger partial charge in [-0.1, -0.05) is 52.1 Å². The Balaban J connectivity index is 2.07. The summed E-state index contributed by atoms with van der Waals surface area (Å²) < 4.78 is 35.1. The fraction of sp³-hybridized carbons (Fsp3) is 0.333. The van der Waals surface area contributed by atoms with Crippen molar-refractivity contribution in [1.29, 1.82) is 0 Å². The van der Waals surface area contributed by atoms with Gasteiger partial charge in [-0.25, -0.2) is 8.42 Å². The topological polar surface area (TPSA) is 96.0 Å². The number of carbonyl (C=O) groups excluding carboxylic acids is 2. The predicted octanol–water partition coefficient (Wildman–Crippen LogP) is 6.68. The molecule has 0 aliphatic carbocycles. The third-order valence-electron chi connectivity index (χ3n) is 6.67. The van der Waals surface area contributed by atoms with Crippen LogP contribution in [0.2, 0.25) is 10.0 Å². The fourth-order valence-electron chi connectivity index (χ4n) is 4.04. The van der Waals surface area contributed by atoms with E-state index in [1.807, 2.05) is 20.8 Å². The molecule has 3 aromatic rings. The van der Waals surface area contributed by atoms with Gasteiger partial charge in [0.1, 0.15) is 18.3 Å². The summed E-state index contributed by atoms with van der Waals surface area (Å²) in [6.45, 7) is 6.97. The van der Waals surface area contributed by atoms with Gasteiger partial charge in [-0.05, 0) is 87.9 Å². The number of hydrogen-bond donors (Lipinski definition) is 1. The van der Waals surface area contributed by atoms with Crippen molar-refractivity contribution in [3.8, 4) is 5.75 Å². The lowest BCUT2D eigenvalue weighted by molar-refractivity contribution is -0.139. The Morgan fingerprint density at radius 1 is 0.952 bits per heavy atom. The summed E-state index contributed by atoms with van der Waals surface area (Å²) in [6.07, 6.45) is 0.694. The first-order valence-electron chi connectivity index (χ1n) is 13.4. The monoisotopic (exact) mass is 697 g/mol. The van der Waals surface area contributed by atoms with Crippen molar-refractivity contribution in [2.45, 2.75) is 57.6 Å². The van der Waals surface area contributed by atoms with Crippen LogP contribution in [0.25, 0.3) is 0 Å². The molecule has 0 heterocycles. The van der Waals surface area contributed by atoms with E-state index in [9.17, 15) is 18.0 Å². The molecule has 8 nitrogen and oxygen atoms in total. The molecule has 1 N–H and O–H groups in total. The van der Waals surface area contributed by atoms with Gasteiger partial charge in [0.15, 0.2) is 0 Å². The second-order valence-corrected chi connectivity index (χ2v) is 13.2. The normalized spacial score (nSPS) is 12.7. The third-order valence-corrected chi connectivity index (χ3v) is 9.70. The van der Waals surface area contributed by atoms with Crippen LogP contribution in [0.15, 0.2) is 76.1 Å². The van der Waals surface area contributed by atoms with E-state index in [0.29, 0.717) is 38.9 Å². The number of hydrogen-bond acceptors (Lipinski definition) is 5. The van der Waals surface area contributed by atoms with Crippen LogP contribution >= 0.6 is 39.1 Å². The van der Waals surface area contributed by atoms with Gasteiger partial charge in [0.2, 0.25) is 11.8 Å². The van der Waals surface area contributed by atoms with E-state index in [-0.39, 0.29) is 29.1 Å². The summed E-state index contributed by atoms with van der Waals surface area (Å²) in [4.78, 5) is 28.6. The van der Waals surface area contributed by atoms with Crippen LogP contribution < -0.4 is 14.4 Å². The smallest absolute Gasteiger partial charge is 0.264 e. The highest BCUT2D eigenvalue weighted by Gasteiger charge is 2.33. The van der Waals surface area contributed by atoms with Gasteiger partial charge in [0.25, 0.3) is 10.0 Å². The second kappa shape index (κ2) is 15.1. The average molecular weight is 699 g/mol. The minimum Gasteiger partial charge on any atom is -0.494 e. The van der Waals surface area contributed by atoms with Crippen molar-refractivity contribution in [3.63, 3.8) is 0 Å². The first-order chi connectivity index (χ1) is 19.9. The molecule has 2 atom stereocenters. The van der Waals surface area contributed by atoms with Crippen molar-refractivity contribution in [1.82, 2.24) is 10.2 Å². The largest absolute Gasteiger partial charge is 0.494 e. The Labute approximate surface area is 266 Å². The van der Waals surface area contributed by atoms with Crippen molar-refractivity contribution in [3.05, 3.63) is 86.8 Å². The molecule has 0 fully saturated rings. The van der Waals surface area contributed by atoms with Crippen LogP contribution in [0.5, 0.6) is 5.75 Å². The zero-order chi connectivity index (χ0) is 31.0. The van der Waals surface area contributed by atoms with E-state index >= 15 is 0 Å². The molecular weight excluding hydrogens is 665 g/mol. The van der Waals surface area contributed by atoms with E-state index in [0.717, 1.165) is 4.31 Å². The molecule has 0 unspecified atom stereocenters. The SMILES string of the molecule is CCOc1ccc(N(CC(=O)N(Cc2c(Cl)cccc2Cl)[C@H](C)C(=O)N[C@@H](C)CC)S(=O)(=O)c2ccc(Br)cc2)cc1. The number of nitrogens with zero attached hydrogens (tertiary/aromatic N) is 2. The maximum absolute atomic E-state index is 14.1. The van der Waals surface area contributed by atoms with E-state index in [1.165, 1.54) is 17.0 Å². The summed E-state index contributed by atoms with van der Waals surface area (Å²) in [5.41, 5.74) is 0.697. The van der Waals surface area contributed by atoms with Gasteiger partial charge < -0.3 is 15.0 Å². The van der Waals surface area contributed by atoms with Crippen LogP contribution in [-0.4, -0.2) is 50.4 Å². The van der Waals surface area contributed by atoms with Crippen LogP contribution in [0.4, 0.5) is 5.69 Å². The lowest BCUT2D eigenvalue weighted by Crippen LogP contribution is -2.52. The summed E-state index contributed by atoms with van der Waals surface area (Å²) in [5, 5.41) is 3.54. The maximum Gasteiger partial charge on any atom is 0.264 e. The average Bonchev–Trinajstić information content (AvgIpc) is 2.96. The highest BCUT2D eigenvalue weighted by atomic mass is 79.9. The maximum atomic E-state index is 14.1. The van der Waals surface area contributed by atoms with Gasteiger partial charge >= 0.3 is 0 Å². The number of amides is 2. The van der Waals surface area contributed by atoms with Crippen molar-refractivity contribution < 1.29 is 22.7 Å². The minimum absolute atomic E-state index is 0.00403. The van der Waals surface area contributed by atoms with Gasteiger partial charge in [0, 0.05) is 32.7 Å². The van der Waals surface area contributed by atoms with Crippen LogP contribution in [-0.2, 0) is 26.2 Å². The summed E-state index contributed by atoms with van der Waals surface area (Å²) in [5.74, 6) is -0.449. The first-order valence-corrected chi connectivity index (χ1v) is 16.4. The van der Waals surface area contributed by atoms with Crippen molar-refractivity contribution in [2.24, 2.45) is 0 Å². The lowest BCUT2D eigenvalue weighted by atomic mass is 10.1. The molecule has 226 valence electrons. The van der Waals surface area contributed by atoms with Crippen LogP contribution in [0, 0.1) is 0 Å². The Hall–Kier alpha value is -2.79. The van der Waals surface area contributed by atoms with E-state index < -0.39 is 28.5 Å². The molecule has 0 saturated heterocycles. The van der Waals surface area contributed by atoms with E-state index in [1.54, 1.807) is 61.5 Å². The number of halogens is 3. The minimum atomic E-state index is -4.21. The van der Waals surface area contributed by atoms with Gasteiger partial charge in [0.05, 0.1) is 17.2 Å². The van der Waals surface area contributed by atoms with Gasteiger partial charge in [-0.15, -0.1) is 0 Å². The van der Waals surface area contributed by atoms with Crippen molar-refractivity contribution in [2.75, 3.05) is 17.5 Å². The third kappa shape index (κ3) is 8.40. The van der Waals surface area contributed by atoms with Crippen molar-refractivity contribution >= 4 is 66.7 Å². The molecule has 2 amide bonds. The molecule has 0 radical (unpaired) electrons. The number of carbonyl (C=O) groups is 2. The predicted molar refractivity (Wildman–Crippen MR) is 171 cm³/mol.